The number of hydrogen-bond acceptors (Lipinski definition) is 5. The van der Waals surface area contributed by atoms with E-state index in [1.54, 1.807) is 21.3 Å². The molecule has 1 N–H and O–H groups in total. The molecule has 136 valence electrons. The van der Waals surface area contributed by atoms with Gasteiger partial charge in [-0.3, -0.25) is 0 Å². The van der Waals surface area contributed by atoms with Crippen molar-refractivity contribution in [3.8, 4) is 28.5 Å². The van der Waals surface area contributed by atoms with Crippen LogP contribution in [0, 0.1) is 0 Å². The second kappa shape index (κ2) is 7.82. The number of imidazole rings is 1. The zero-order chi connectivity index (χ0) is 18.5. The van der Waals surface area contributed by atoms with Crippen molar-refractivity contribution in [3.05, 3.63) is 54.2 Å². The summed E-state index contributed by atoms with van der Waals surface area (Å²) in [4.78, 5) is 4.50. The Balaban J connectivity index is 1.79. The van der Waals surface area contributed by atoms with Gasteiger partial charge in [0.05, 0.1) is 33.2 Å². The molecule has 0 unspecified atom stereocenters. The Hall–Kier alpha value is -3.15. The SMILES string of the molecule is COc1cccc(-c2cnc(NCc3ccc(OC)cc3OC)n2C)c1. The number of aromatic nitrogens is 2. The van der Waals surface area contributed by atoms with Crippen LogP contribution in [0.1, 0.15) is 5.56 Å². The quantitative estimate of drug-likeness (QED) is 0.701. The van der Waals surface area contributed by atoms with Crippen molar-refractivity contribution >= 4 is 5.95 Å². The number of methoxy groups -OCH3 is 3. The van der Waals surface area contributed by atoms with Gasteiger partial charge in [0.15, 0.2) is 0 Å². The van der Waals surface area contributed by atoms with Gasteiger partial charge in [0, 0.05) is 30.8 Å². The second-order valence-electron chi connectivity index (χ2n) is 5.79. The van der Waals surface area contributed by atoms with E-state index in [4.69, 9.17) is 14.2 Å². The van der Waals surface area contributed by atoms with E-state index in [9.17, 15) is 0 Å². The molecule has 0 spiro atoms. The monoisotopic (exact) mass is 353 g/mol. The highest BCUT2D eigenvalue weighted by Crippen LogP contribution is 2.27. The molecule has 0 fully saturated rings. The second-order valence-corrected chi connectivity index (χ2v) is 5.79. The highest BCUT2D eigenvalue weighted by Gasteiger charge is 2.11. The van der Waals surface area contributed by atoms with Crippen LogP contribution in [0.3, 0.4) is 0 Å². The zero-order valence-corrected chi connectivity index (χ0v) is 15.4. The minimum atomic E-state index is 0.593. The molecule has 6 heteroatoms. The van der Waals surface area contributed by atoms with Gasteiger partial charge in [0.2, 0.25) is 5.95 Å². The Kier molecular flexibility index (Phi) is 5.31. The van der Waals surface area contributed by atoms with Crippen LogP contribution in [-0.2, 0) is 13.6 Å². The normalized spacial score (nSPS) is 10.5. The molecule has 0 aliphatic rings. The summed E-state index contributed by atoms with van der Waals surface area (Å²) in [6.45, 7) is 0.593. The van der Waals surface area contributed by atoms with Crippen LogP contribution in [0.15, 0.2) is 48.7 Å². The minimum absolute atomic E-state index is 0.593. The van der Waals surface area contributed by atoms with E-state index in [0.29, 0.717) is 6.54 Å². The van der Waals surface area contributed by atoms with Gasteiger partial charge in [0.1, 0.15) is 17.2 Å². The van der Waals surface area contributed by atoms with Gasteiger partial charge in [0.25, 0.3) is 0 Å². The summed E-state index contributed by atoms with van der Waals surface area (Å²) in [5.74, 6) is 3.14. The van der Waals surface area contributed by atoms with E-state index in [-0.39, 0.29) is 0 Å². The van der Waals surface area contributed by atoms with Gasteiger partial charge in [-0.25, -0.2) is 4.98 Å². The molecule has 0 radical (unpaired) electrons. The molecule has 6 nitrogen and oxygen atoms in total. The first-order chi connectivity index (χ1) is 12.7. The highest BCUT2D eigenvalue weighted by molar-refractivity contribution is 5.63. The van der Waals surface area contributed by atoms with Crippen LogP contribution >= 0.6 is 0 Å². The Morgan fingerprint density at radius 3 is 2.46 bits per heavy atom. The third kappa shape index (κ3) is 3.59. The van der Waals surface area contributed by atoms with Gasteiger partial charge in [-0.2, -0.15) is 0 Å². The average Bonchev–Trinajstić information content (AvgIpc) is 3.06. The summed E-state index contributed by atoms with van der Waals surface area (Å²) in [5.41, 5.74) is 3.08. The van der Waals surface area contributed by atoms with Crippen LogP contribution in [-0.4, -0.2) is 30.9 Å². The van der Waals surface area contributed by atoms with E-state index in [0.717, 1.165) is 40.0 Å². The predicted octanol–water partition coefficient (Wildman–Crippen LogP) is 3.73. The maximum atomic E-state index is 5.45. The maximum Gasteiger partial charge on any atom is 0.203 e. The van der Waals surface area contributed by atoms with Gasteiger partial charge in [-0.1, -0.05) is 12.1 Å². The van der Waals surface area contributed by atoms with Gasteiger partial charge < -0.3 is 24.1 Å². The molecule has 0 aliphatic heterocycles. The molecular formula is C20H23N3O3. The van der Waals surface area contributed by atoms with Crippen LogP contribution in [0.2, 0.25) is 0 Å². The third-order valence-corrected chi connectivity index (χ3v) is 4.28. The van der Waals surface area contributed by atoms with Crippen LogP contribution < -0.4 is 19.5 Å². The maximum absolute atomic E-state index is 5.45. The lowest BCUT2D eigenvalue weighted by Crippen LogP contribution is -2.07. The van der Waals surface area contributed by atoms with Crippen LogP contribution in [0.5, 0.6) is 17.2 Å². The summed E-state index contributed by atoms with van der Waals surface area (Å²) in [7, 11) is 6.94. The van der Waals surface area contributed by atoms with Crippen molar-refractivity contribution in [2.24, 2.45) is 7.05 Å². The van der Waals surface area contributed by atoms with Crippen molar-refractivity contribution in [2.75, 3.05) is 26.6 Å². The van der Waals surface area contributed by atoms with Crippen molar-refractivity contribution in [1.82, 2.24) is 9.55 Å². The summed E-state index contributed by atoms with van der Waals surface area (Å²) in [6.07, 6.45) is 1.85. The summed E-state index contributed by atoms with van der Waals surface area (Å²) >= 11 is 0. The number of anilines is 1. The molecule has 3 rings (SSSR count). The number of benzene rings is 2. The van der Waals surface area contributed by atoms with Crippen molar-refractivity contribution < 1.29 is 14.2 Å². The number of ether oxygens (including phenoxy) is 3. The lowest BCUT2D eigenvalue weighted by atomic mass is 10.1. The van der Waals surface area contributed by atoms with Crippen molar-refractivity contribution in [1.29, 1.82) is 0 Å². The Morgan fingerprint density at radius 1 is 0.962 bits per heavy atom. The first-order valence-corrected chi connectivity index (χ1v) is 8.27. The first kappa shape index (κ1) is 17.7. The first-order valence-electron chi connectivity index (χ1n) is 8.27. The lowest BCUT2D eigenvalue weighted by Gasteiger charge is -2.12. The zero-order valence-electron chi connectivity index (χ0n) is 15.4. The standard InChI is InChI=1S/C20H23N3O3/c1-23-18(14-6-5-7-16(10-14)24-2)13-22-20(23)21-12-15-8-9-17(25-3)11-19(15)26-4/h5-11,13H,12H2,1-4H3,(H,21,22). The van der Waals surface area contributed by atoms with Crippen molar-refractivity contribution in [3.63, 3.8) is 0 Å². The van der Waals surface area contributed by atoms with E-state index in [1.807, 2.05) is 60.3 Å². The molecular weight excluding hydrogens is 330 g/mol. The highest BCUT2D eigenvalue weighted by atomic mass is 16.5. The van der Waals surface area contributed by atoms with E-state index >= 15 is 0 Å². The molecule has 0 aliphatic carbocycles. The molecule has 26 heavy (non-hydrogen) atoms. The third-order valence-electron chi connectivity index (χ3n) is 4.28. The summed E-state index contributed by atoms with van der Waals surface area (Å²) in [6, 6.07) is 13.7. The lowest BCUT2D eigenvalue weighted by molar-refractivity contribution is 0.391. The Morgan fingerprint density at radius 2 is 1.73 bits per heavy atom. The number of nitrogens with zero attached hydrogens (tertiary/aromatic N) is 2. The predicted molar refractivity (Wildman–Crippen MR) is 102 cm³/mol. The van der Waals surface area contributed by atoms with Gasteiger partial charge in [-0.15, -0.1) is 0 Å². The molecule has 0 atom stereocenters. The van der Waals surface area contributed by atoms with E-state index in [1.165, 1.54) is 0 Å². The molecule has 0 saturated carbocycles. The van der Waals surface area contributed by atoms with Crippen molar-refractivity contribution in [2.45, 2.75) is 6.54 Å². The molecule has 2 aromatic carbocycles. The van der Waals surface area contributed by atoms with E-state index < -0.39 is 0 Å². The summed E-state index contributed by atoms with van der Waals surface area (Å²) < 4.78 is 18.0. The molecule has 0 saturated heterocycles. The average molecular weight is 353 g/mol. The smallest absolute Gasteiger partial charge is 0.203 e. The molecule has 0 amide bonds. The van der Waals surface area contributed by atoms with Crippen LogP contribution in [0.25, 0.3) is 11.3 Å². The van der Waals surface area contributed by atoms with Gasteiger partial charge >= 0.3 is 0 Å². The molecule has 3 aromatic rings. The number of rotatable bonds is 7. The fourth-order valence-corrected chi connectivity index (χ4v) is 2.80. The Labute approximate surface area is 153 Å². The molecule has 1 heterocycles. The number of nitrogens with one attached hydrogen (secondary N) is 1. The molecule has 1 aromatic heterocycles. The summed E-state index contributed by atoms with van der Waals surface area (Å²) in [5, 5.41) is 3.36. The number of hydrogen-bond donors (Lipinski definition) is 1. The minimum Gasteiger partial charge on any atom is -0.497 e. The van der Waals surface area contributed by atoms with E-state index in [2.05, 4.69) is 10.3 Å². The fourth-order valence-electron chi connectivity index (χ4n) is 2.80. The van der Waals surface area contributed by atoms with Crippen LogP contribution in [0.4, 0.5) is 5.95 Å². The Bertz CT molecular complexity index is 890. The fraction of sp³-hybridized carbons (Fsp3) is 0.250. The topological polar surface area (TPSA) is 57.5 Å². The molecule has 0 bridgehead atoms. The van der Waals surface area contributed by atoms with Gasteiger partial charge in [-0.05, 0) is 24.3 Å². The largest absolute Gasteiger partial charge is 0.497 e.